The molecule has 47 heavy (non-hydrogen) atoms. The molecule has 7 rings (SSSR count). The fourth-order valence-corrected chi connectivity index (χ4v) is 8.34. The van der Waals surface area contributed by atoms with Gasteiger partial charge in [0.05, 0.1) is 5.92 Å². The Kier molecular flexibility index (Phi) is 8.75. The molecule has 1 aliphatic heterocycles. The third-order valence-electron chi connectivity index (χ3n) is 9.64. The highest BCUT2D eigenvalue weighted by Crippen LogP contribution is 2.42. The molecule has 0 radical (unpaired) electrons. The van der Waals surface area contributed by atoms with Crippen LogP contribution in [0.1, 0.15) is 63.5 Å². The Labute approximate surface area is 281 Å². The van der Waals surface area contributed by atoms with Crippen LogP contribution in [0.3, 0.4) is 0 Å². The first kappa shape index (κ1) is 31.7. The number of aromatic nitrogens is 1. The van der Waals surface area contributed by atoms with Gasteiger partial charge in [-0.05, 0) is 87.8 Å². The Hall–Kier alpha value is -3.88. The first-order valence-corrected chi connectivity index (χ1v) is 17.8. The van der Waals surface area contributed by atoms with Crippen LogP contribution in [0.4, 0.5) is 4.79 Å². The number of nitrogens with zero attached hydrogens (tertiary/aromatic N) is 3. The number of para-hydroxylation sites is 1. The lowest BCUT2D eigenvalue weighted by atomic mass is 9.79. The smallest absolute Gasteiger partial charge is 0.410 e. The summed E-state index contributed by atoms with van der Waals surface area (Å²) < 4.78 is 15.9. The number of carbonyl (C=O) groups excluding carboxylic acids is 2. The van der Waals surface area contributed by atoms with Crippen molar-refractivity contribution in [2.75, 3.05) is 26.8 Å². The molecule has 1 saturated carbocycles. The minimum atomic E-state index is -0.601. The van der Waals surface area contributed by atoms with E-state index in [0.717, 1.165) is 25.8 Å². The Morgan fingerprint density at radius 2 is 1.68 bits per heavy atom. The molecule has 2 amide bonds. The van der Waals surface area contributed by atoms with Crippen molar-refractivity contribution in [3.63, 3.8) is 0 Å². The molecule has 246 valence electrons. The predicted octanol–water partition coefficient (Wildman–Crippen LogP) is 8.58. The number of aryl methyl sites for hydroxylation is 1. The predicted molar refractivity (Wildman–Crippen MR) is 190 cm³/mol. The van der Waals surface area contributed by atoms with Crippen LogP contribution in [0, 0.1) is 5.92 Å². The lowest BCUT2D eigenvalue weighted by Crippen LogP contribution is -2.51. The first-order chi connectivity index (χ1) is 22.7. The summed E-state index contributed by atoms with van der Waals surface area (Å²) in [7, 11) is 1.74. The zero-order valence-corrected chi connectivity index (χ0v) is 28.7. The van der Waals surface area contributed by atoms with E-state index in [1.54, 1.807) is 12.0 Å². The second-order valence-electron chi connectivity index (χ2n) is 14.2. The van der Waals surface area contributed by atoms with Crippen molar-refractivity contribution in [1.29, 1.82) is 0 Å². The van der Waals surface area contributed by atoms with E-state index in [2.05, 4.69) is 82.4 Å². The number of piperidine rings is 1. The van der Waals surface area contributed by atoms with Gasteiger partial charge < -0.3 is 23.8 Å². The van der Waals surface area contributed by atoms with Crippen molar-refractivity contribution >= 4 is 54.4 Å². The van der Waals surface area contributed by atoms with E-state index in [-0.39, 0.29) is 29.9 Å². The Morgan fingerprint density at radius 3 is 2.45 bits per heavy atom. The van der Waals surface area contributed by atoms with E-state index in [9.17, 15) is 9.59 Å². The molecule has 7 nitrogen and oxygen atoms in total. The van der Waals surface area contributed by atoms with Crippen molar-refractivity contribution in [3.05, 3.63) is 84.1 Å². The van der Waals surface area contributed by atoms with Crippen LogP contribution < -0.4 is 0 Å². The quantitative estimate of drug-likeness (QED) is 0.150. The van der Waals surface area contributed by atoms with E-state index in [1.165, 1.54) is 42.2 Å². The average Bonchev–Trinajstić information content (AvgIpc) is 3.75. The van der Waals surface area contributed by atoms with E-state index in [4.69, 9.17) is 9.47 Å². The van der Waals surface area contributed by atoms with Crippen LogP contribution in [0.5, 0.6) is 0 Å². The second-order valence-corrected chi connectivity index (χ2v) is 15.3. The SMILES string of the molecule is COCCCn1cc(CN(C(=O)[C@H]2CN(C(=O)OC(C)(C)C)CC[C@@H]2c2ccc3sc4ccccc4c3c2)C2CC2)c2ccccc21. The van der Waals surface area contributed by atoms with Crippen LogP contribution in [0.15, 0.2) is 72.9 Å². The van der Waals surface area contributed by atoms with Gasteiger partial charge in [-0.25, -0.2) is 4.79 Å². The second kappa shape index (κ2) is 13.0. The maximum atomic E-state index is 14.9. The molecule has 2 fully saturated rings. The van der Waals surface area contributed by atoms with Crippen molar-refractivity contribution in [1.82, 2.24) is 14.4 Å². The van der Waals surface area contributed by atoms with Gasteiger partial charge >= 0.3 is 6.09 Å². The number of hydrogen-bond acceptors (Lipinski definition) is 5. The number of ether oxygens (including phenoxy) is 2. The van der Waals surface area contributed by atoms with Crippen LogP contribution in [-0.2, 0) is 27.4 Å². The topological polar surface area (TPSA) is 64.0 Å². The monoisotopic (exact) mass is 651 g/mol. The molecule has 0 bridgehead atoms. The van der Waals surface area contributed by atoms with Gasteiger partial charge in [0.2, 0.25) is 5.91 Å². The van der Waals surface area contributed by atoms with Gasteiger partial charge in [0.1, 0.15) is 5.60 Å². The van der Waals surface area contributed by atoms with E-state index < -0.39 is 5.60 Å². The molecule has 5 aromatic rings. The van der Waals surface area contributed by atoms with Gasteiger partial charge in [0, 0.05) is 83.2 Å². The van der Waals surface area contributed by atoms with Gasteiger partial charge in [-0.2, -0.15) is 0 Å². The van der Waals surface area contributed by atoms with Crippen LogP contribution in [0.2, 0.25) is 0 Å². The minimum Gasteiger partial charge on any atom is -0.444 e. The Balaban J connectivity index is 1.23. The maximum absolute atomic E-state index is 14.9. The van der Waals surface area contributed by atoms with Gasteiger partial charge in [-0.15, -0.1) is 11.3 Å². The molecule has 2 atom stereocenters. The molecule has 3 heterocycles. The van der Waals surface area contributed by atoms with Crippen LogP contribution in [0.25, 0.3) is 31.1 Å². The molecule has 3 aromatic carbocycles. The number of likely N-dealkylation sites (tertiary alicyclic amines) is 1. The van der Waals surface area contributed by atoms with E-state index in [1.807, 2.05) is 32.1 Å². The number of carbonyl (C=O) groups is 2. The molecule has 8 heteroatoms. The van der Waals surface area contributed by atoms with Gasteiger partial charge in [-0.3, -0.25) is 4.79 Å². The number of hydrogen-bond donors (Lipinski definition) is 0. The van der Waals surface area contributed by atoms with Crippen LogP contribution in [-0.4, -0.2) is 64.8 Å². The molecule has 2 aliphatic rings. The summed E-state index contributed by atoms with van der Waals surface area (Å²) in [4.78, 5) is 32.2. The number of methoxy groups -OCH3 is 1. The van der Waals surface area contributed by atoms with Gasteiger partial charge in [0.25, 0.3) is 0 Å². The summed E-state index contributed by atoms with van der Waals surface area (Å²) >= 11 is 1.81. The number of rotatable bonds is 9. The summed E-state index contributed by atoms with van der Waals surface area (Å²) in [6.45, 7) is 8.71. The third kappa shape index (κ3) is 6.63. The zero-order chi connectivity index (χ0) is 32.7. The van der Waals surface area contributed by atoms with Crippen molar-refractivity contribution < 1.29 is 19.1 Å². The molecular weight excluding hydrogens is 607 g/mol. The molecule has 0 spiro atoms. The minimum absolute atomic E-state index is 0.000820. The normalized spacial score (nSPS) is 18.7. The Morgan fingerprint density at radius 1 is 0.936 bits per heavy atom. The van der Waals surface area contributed by atoms with Gasteiger partial charge in [0.15, 0.2) is 0 Å². The zero-order valence-electron chi connectivity index (χ0n) is 27.9. The molecule has 0 unspecified atom stereocenters. The molecular formula is C39H45N3O4S. The van der Waals surface area contributed by atoms with E-state index >= 15 is 0 Å². The summed E-state index contributed by atoms with van der Waals surface area (Å²) in [6, 6.07) is 24.0. The molecule has 0 N–H and O–H groups in total. The summed E-state index contributed by atoms with van der Waals surface area (Å²) in [6.07, 6.45) is 5.54. The Bertz CT molecular complexity index is 1920. The third-order valence-corrected chi connectivity index (χ3v) is 10.8. The number of benzene rings is 3. The lowest BCUT2D eigenvalue weighted by molar-refractivity contribution is -0.139. The fourth-order valence-electron chi connectivity index (χ4n) is 7.25. The molecule has 1 aliphatic carbocycles. The highest BCUT2D eigenvalue weighted by molar-refractivity contribution is 7.25. The van der Waals surface area contributed by atoms with E-state index in [0.29, 0.717) is 32.7 Å². The van der Waals surface area contributed by atoms with Crippen molar-refractivity contribution in [2.45, 2.75) is 77.1 Å². The first-order valence-electron chi connectivity index (χ1n) is 17.0. The fraction of sp³-hybridized carbons (Fsp3) is 0.436. The summed E-state index contributed by atoms with van der Waals surface area (Å²) in [5, 5.41) is 3.68. The highest BCUT2D eigenvalue weighted by atomic mass is 32.1. The number of amides is 2. The van der Waals surface area contributed by atoms with Crippen molar-refractivity contribution in [3.8, 4) is 0 Å². The maximum Gasteiger partial charge on any atom is 0.410 e. The highest BCUT2D eigenvalue weighted by Gasteiger charge is 2.43. The van der Waals surface area contributed by atoms with Gasteiger partial charge in [-0.1, -0.05) is 42.5 Å². The lowest BCUT2D eigenvalue weighted by Gasteiger charge is -2.40. The molecule has 2 aromatic heterocycles. The van der Waals surface area contributed by atoms with Crippen molar-refractivity contribution in [2.24, 2.45) is 5.92 Å². The standard InChI is InChI=1S/C39H45N3O4S/c1-39(2,3)46-38(44)41-20-18-29(26-14-17-36-32(22-26)31-11-6-8-13-35(31)47-36)33(25-41)37(43)42(28-15-16-28)24-27-23-40(19-9-21-45-4)34-12-7-5-10-30(27)34/h5-8,10-14,17,22-23,28-29,33H,9,15-16,18-21,24-25H2,1-4H3/t29-,33+/m1/s1. The summed E-state index contributed by atoms with van der Waals surface area (Å²) in [5.74, 6) is -0.229. The average molecular weight is 652 g/mol. The van der Waals surface area contributed by atoms with Crippen LogP contribution >= 0.6 is 11.3 Å². The summed E-state index contributed by atoms with van der Waals surface area (Å²) in [5.41, 5.74) is 2.93. The number of thiophene rings is 1. The largest absolute Gasteiger partial charge is 0.444 e. The molecule has 1 saturated heterocycles. The number of fused-ring (bicyclic) bond motifs is 4.